The molecule has 6 rings (SSSR count). The molecular formula is C34H42FN5O8S. The molecule has 2 fully saturated rings. The molecule has 3 aliphatic heterocycles. The van der Waals surface area contributed by atoms with E-state index in [1.165, 1.54) is 12.0 Å². The van der Waals surface area contributed by atoms with Crippen LogP contribution in [0.4, 0.5) is 10.1 Å². The number of benzene rings is 2. The molecule has 4 heterocycles. The zero-order valence-electron chi connectivity index (χ0n) is 28.4. The summed E-state index contributed by atoms with van der Waals surface area (Å²) in [5.41, 5.74) is 3.19. The molecule has 3 aromatic rings. The summed E-state index contributed by atoms with van der Waals surface area (Å²) in [4.78, 5) is 46.0. The molecule has 15 heteroatoms. The molecule has 0 aliphatic carbocycles. The second-order valence-electron chi connectivity index (χ2n) is 13.0. The number of hydrogen-bond acceptors (Lipinski definition) is 10. The predicted molar refractivity (Wildman–Crippen MR) is 181 cm³/mol. The molecule has 0 unspecified atom stereocenters. The van der Waals surface area contributed by atoms with Gasteiger partial charge in [-0.25, -0.2) is 13.9 Å². The van der Waals surface area contributed by atoms with Gasteiger partial charge in [-0.2, -0.15) is 12.7 Å². The first-order valence-electron chi connectivity index (χ1n) is 16.4. The minimum absolute atomic E-state index is 0.0953. The molecule has 0 bridgehead atoms. The van der Waals surface area contributed by atoms with E-state index in [1.807, 2.05) is 18.6 Å². The van der Waals surface area contributed by atoms with Gasteiger partial charge in [0.2, 0.25) is 0 Å². The van der Waals surface area contributed by atoms with Crippen LogP contribution < -0.4 is 20.0 Å². The number of amides is 2. The van der Waals surface area contributed by atoms with Crippen molar-refractivity contribution in [3.05, 3.63) is 67.8 Å². The lowest BCUT2D eigenvalue weighted by atomic mass is 9.92. The molecule has 1 N–H and O–H groups in total. The van der Waals surface area contributed by atoms with Gasteiger partial charge in [-0.3, -0.25) is 14.5 Å². The molecule has 1 aromatic heterocycles. The summed E-state index contributed by atoms with van der Waals surface area (Å²) in [6.07, 6.45) is 1.70. The third kappa shape index (κ3) is 6.52. The number of halogens is 1. The Kier molecular flexibility index (Phi) is 9.72. The van der Waals surface area contributed by atoms with Crippen molar-refractivity contribution in [2.75, 3.05) is 72.0 Å². The average Bonchev–Trinajstić information content (AvgIpc) is 3.63. The van der Waals surface area contributed by atoms with Crippen molar-refractivity contribution < 1.29 is 36.3 Å². The number of likely N-dealkylation sites (N-methyl/N-ethyl adjacent to an activating group) is 1. The Morgan fingerprint density at radius 1 is 1.02 bits per heavy atom. The Balaban J connectivity index is 1.26. The molecule has 0 radical (unpaired) electrons. The van der Waals surface area contributed by atoms with Crippen molar-refractivity contribution in [2.45, 2.75) is 45.7 Å². The molecular weight excluding hydrogens is 657 g/mol. The number of nitrogens with one attached hydrogen (secondary N) is 1. The van der Waals surface area contributed by atoms with Crippen molar-refractivity contribution in [2.24, 2.45) is 0 Å². The highest BCUT2D eigenvalue weighted by Gasteiger charge is 2.33. The van der Waals surface area contributed by atoms with Crippen molar-refractivity contribution in [3.8, 4) is 5.75 Å². The summed E-state index contributed by atoms with van der Waals surface area (Å²) in [7, 11) is 0.892. The van der Waals surface area contributed by atoms with Crippen molar-refractivity contribution in [1.29, 1.82) is 0 Å². The minimum atomic E-state index is -4.12. The number of fused-ring (bicyclic) bond motifs is 3. The quantitative estimate of drug-likeness (QED) is 0.349. The van der Waals surface area contributed by atoms with Crippen LogP contribution in [0.2, 0.25) is 0 Å². The number of piperazine rings is 1. The number of nitrogens with zero attached hydrogens (tertiary/aromatic N) is 4. The summed E-state index contributed by atoms with van der Waals surface area (Å²) in [6, 6.07) is 4.23. The van der Waals surface area contributed by atoms with Gasteiger partial charge in [-0.15, -0.1) is 0 Å². The SMILES string of the molecule is COC[C@H]1CN(c2cc(C)c3c4c(c(=O)oc3c2C)CN(C(=O)c2cc(OC)c(C(=O)NS(=O)(=O)N3CCCC3)cc2F)CC4)CCN1C. The number of rotatable bonds is 8. The van der Waals surface area contributed by atoms with E-state index in [-0.39, 0.29) is 49.1 Å². The molecule has 3 aliphatic rings. The summed E-state index contributed by atoms with van der Waals surface area (Å²) in [6.45, 7) is 7.68. The first-order chi connectivity index (χ1) is 23.3. The fourth-order valence-electron chi connectivity index (χ4n) is 7.19. The van der Waals surface area contributed by atoms with Gasteiger partial charge in [-0.1, -0.05) is 0 Å². The summed E-state index contributed by atoms with van der Waals surface area (Å²) in [5.74, 6) is -2.98. The van der Waals surface area contributed by atoms with Gasteiger partial charge in [-0.05, 0) is 69.5 Å². The Morgan fingerprint density at radius 2 is 1.76 bits per heavy atom. The zero-order chi connectivity index (χ0) is 35.2. The van der Waals surface area contributed by atoms with Gasteiger partial charge in [0.25, 0.3) is 11.8 Å². The van der Waals surface area contributed by atoms with Gasteiger partial charge < -0.3 is 23.7 Å². The Labute approximate surface area is 284 Å². The lowest BCUT2D eigenvalue weighted by Crippen LogP contribution is -2.53. The number of ether oxygens (including phenoxy) is 2. The number of anilines is 1. The standard InChI is InChI=1S/C34H42FN5O8S/c1-20-14-28(38-13-12-37(3)22(17-38)19-46-4)21(2)31-30(20)23-8-11-39(18-26(23)34(43)48-31)33(42)24-16-29(47-5)25(15-27(24)35)32(41)36-49(44,45)40-9-6-7-10-40/h14-16,22H,6-13,17-19H2,1-5H3,(H,36,41)/t22-/m1/s1. The fraction of sp³-hybridized carbons (Fsp3) is 0.500. The highest BCUT2D eigenvalue weighted by atomic mass is 32.2. The minimum Gasteiger partial charge on any atom is -0.496 e. The van der Waals surface area contributed by atoms with Crippen LogP contribution >= 0.6 is 0 Å². The van der Waals surface area contributed by atoms with E-state index in [1.54, 1.807) is 7.11 Å². The third-order valence-corrected chi connectivity index (χ3v) is 11.4. The smallest absolute Gasteiger partial charge is 0.341 e. The molecule has 2 amide bonds. The maximum absolute atomic E-state index is 15.5. The predicted octanol–water partition coefficient (Wildman–Crippen LogP) is 2.59. The molecule has 13 nitrogen and oxygen atoms in total. The molecule has 1 atom stereocenters. The second-order valence-corrected chi connectivity index (χ2v) is 14.6. The Bertz CT molecular complexity index is 1980. The monoisotopic (exact) mass is 699 g/mol. The van der Waals surface area contributed by atoms with Gasteiger partial charge in [0.1, 0.15) is 17.1 Å². The number of carbonyl (C=O) groups excluding carboxylic acids is 2. The topological polar surface area (TPSA) is 142 Å². The summed E-state index contributed by atoms with van der Waals surface area (Å²) in [5, 5.41) is 0.845. The Morgan fingerprint density at radius 3 is 2.45 bits per heavy atom. The van der Waals surface area contributed by atoms with Crippen molar-refractivity contribution in [1.82, 2.24) is 18.8 Å². The fourth-order valence-corrected chi connectivity index (χ4v) is 8.40. The van der Waals surface area contributed by atoms with Gasteiger partial charge in [0.15, 0.2) is 0 Å². The molecule has 2 saturated heterocycles. The van der Waals surface area contributed by atoms with E-state index in [2.05, 4.69) is 22.9 Å². The van der Waals surface area contributed by atoms with E-state index in [0.717, 1.165) is 63.8 Å². The third-order valence-electron chi connectivity index (χ3n) is 9.94. The highest BCUT2D eigenvalue weighted by Crippen LogP contribution is 2.36. The first-order valence-corrected chi connectivity index (χ1v) is 17.8. The first kappa shape index (κ1) is 34.8. The van der Waals surface area contributed by atoms with Crippen LogP contribution in [-0.4, -0.2) is 108 Å². The van der Waals surface area contributed by atoms with E-state index < -0.39 is 33.5 Å². The van der Waals surface area contributed by atoms with Crippen LogP contribution in [0.5, 0.6) is 5.75 Å². The maximum atomic E-state index is 15.5. The van der Waals surface area contributed by atoms with Gasteiger partial charge in [0.05, 0.1) is 43.0 Å². The van der Waals surface area contributed by atoms with Gasteiger partial charge >= 0.3 is 15.8 Å². The van der Waals surface area contributed by atoms with Crippen molar-refractivity contribution >= 4 is 38.7 Å². The Hall–Kier alpha value is -4.05. The molecule has 264 valence electrons. The van der Waals surface area contributed by atoms with E-state index >= 15 is 4.39 Å². The van der Waals surface area contributed by atoms with Crippen LogP contribution in [-0.2, 0) is 27.9 Å². The number of carbonyl (C=O) groups is 2. The molecule has 2 aromatic carbocycles. The van der Waals surface area contributed by atoms with Crippen LogP contribution in [0.15, 0.2) is 27.4 Å². The summed E-state index contributed by atoms with van der Waals surface area (Å²) >= 11 is 0. The number of aryl methyl sites for hydroxylation is 2. The highest BCUT2D eigenvalue weighted by molar-refractivity contribution is 7.87. The van der Waals surface area contributed by atoms with Crippen molar-refractivity contribution in [3.63, 3.8) is 0 Å². The van der Waals surface area contributed by atoms with E-state index in [4.69, 9.17) is 13.9 Å². The zero-order valence-corrected chi connectivity index (χ0v) is 29.2. The number of methoxy groups -OCH3 is 2. The van der Waals surface area contributed by atoms with Crippen LogP contribution in [0.1, 0.15) is 55.8 Å². The van der Waals surface area contributed by atoms with E-state index in [9.17, 15) is 22.8 Å². The normalized spacial score (nSPS) is 18.9. The molecule has 49 heavy (non-hydrogen) atoms. The van der Waals surface area contributed by atoms with Crippen LogP contribution in [0.3, 0.4) is 0 Å². The lowest BCUT2D eigenvalue weighted by molar-refractivity contribution is 0.0727. The van der Waals surface area contributed by atoms with Crippen LogP contribution in [0, 0.1) is 19.7 Å². The van der Waals surface area contributed by atoms with Gasteiger partial charge in [0, 0.05) is 63.0 Å². The lowest BCUT2D eigenvalue weighted by Gasteiger charge is -2.41. The number of hydrogen-bond donors (Lipinski definition) is 1. The maximum Gasteiger partial charge on any atom is 0.341 e. The molecule has 0 spiro atoms. The van der Waals surface area contributed by atoms with Crippen LogP contribution in [0.25, 0.3) is 11.0 Å². The average molecular weight is 700 g/mol. The second kappa shape index (κ2) is 13.7. The largest absolute Gasteiger partial charge is 0.496 e. The van der Waals surface area contributed by atoms with E-state index in [0.29, 0.717) is 37.0 Å². The summed E-state index contributed by atoms with van der Waals surface area (Å²) < 4.78 is 60.5. The molecule has 0 saturated carbocycles.